The van der Waals surface area contributed by atoms with Gasteiger partial charge in [0.25, 0.3) is 0 Å². The molecule has 1 aliphatic rings. The summed E-state index contributed by atoms with van der Waals surface area (Å²) in [5.41, 5.74) is 15.9. The smallest absolute Gasteiger partial charge is 0.119 e. The van der Waals surface area contributed by atoms with Crippen molar-refractivity contribution in [1.82, 2.24) is 10.9 Å². The van der Waals surface area contributed by atoms with Gasteiger partial charge in [0.05, 0.1) is 6.61 Å². The average Bonchev–Trinajstić information content (AvgIpc) is 3.13. The summed E-state index contributed by atoms with van der Waals surface area (Å²) in [5.74, 6) is 0.965. The number of hydrazine groups is 1. The maximum atomic E-state index is 5.92. The average molecular weight is 339 g/mol. The van der Waals surface area contributed by atoms with Crippen molar-refractivity contribution in [3.05, 3.63) is 59.7 Å². The highest BCUT2D eigenvalue weighted by atomic mass is 16.5. The molecule has 1 fully saturated rings. The van der Waals surface area contributed by atoms with E-state index in [2.05, 4.69) is 48.1 Å². The Hall–Kier alpha value is -2.04. The lowest BCUT2D eigenvalue weighted by Crippen LogP contribution is -2.26. The monoisotopic (exact) mass is 339 g/mol. The molecule has 0 amide bonds. The van der Waals surface area contributed by atoms with Crippen molar-refractivity contribution in [2.45, 2.75) is 51.1 Å². The molecule has 0 saturated carbocycles. The van der Waals surface area contributed by atoms with Crippen molar-refractivity contribution in [2.24, 2.45) is 0 Å². The van der Waals surface area contributed by atoms with Gasteiger partial charge >= 0.3 is 0 Å². The summed E-state index contributed by atoms with van der Waals surface area (Å²) < 4.78 is 5.92. The van der Waals surface area contributed by atoms with Crippen LogP contribution >= 0.6 is 0 Å². The second-order valence-corrected chi connectivity index (χ2v) is 6.78. The van der Waals surface area contributed by atoms with E-state index in [1.54, 1.807) is 0 Å². The summed E-state index contributed by atoms with van der Waals surface area (Å²) in [6.07, 6.45) is 5.91. The van der Waals surface area contributed by atoms with Crippen LogP contribution in [0.1, 0.15) is 62.2 Å². The summed E-state index contributed by atoms with van der Waals surface area (Å²) in [5, 5.41) is 0. The van der Waals surface area contributed by atoms with Crippen molar-refractivity contribution in [2.75, 3.05) is 12.3 Å². The third-order valence-electron chi connectivity index (χ3n) is 4.77. The van der Waals surface area contributed by atoms with Crippen LogP contribution in [0, 0.1) is 0 Å². The molecule has 134 valence electrons. The first kappa shape index (κ1) is 17.8. The molecule has 2 aromatic rings. The highest BCUT2D eigenvalue weighted by molar-refractivity contribution is 5.40. The lowest BCUT2D eigenvalue weighted by atomic mass is 9.97. The molecule has 0 spiro atoms. The molecule has 2 unspecified atom stereocenters. The Morgan fingerprint density at radius 1 is 0.960 bits per heavy atom. The molecule has 2 atom stereocenters. The van der Waals surface area contributed by atoms with Crippen LogP contribution in [0.5, 0.6) is 5.75 Å². The number of hydrogen-bond donors (Lipinski definition) is 3. The minimum atomic E-state index is 0.284. The Morgan fingerprint density at radius 2 is 1.72 bits per heavy atom. The Bertz CT molecular complexity index is 656. The zero-order chi connectivity index (χ0) is 17.5. The van der Waals surface area contributed by atoms with Crippen molar-refractivity contribution in [3.63, 3.8) is 0 Å². The minimum absolute atomic E-state index is 0.284. The van der Waals surface area contributed by atoms with E-state index >= 15 is 0 Å². The number of hydrogen-bond acceptors (Lipinski definition) is 4. The fourth-order valence-electron chi connectivity index (χ4n) is 3.26. The van der Waals surface area contributed by atoms with Crippen LogP contribution in [0.15, 0.2) is 48.5 Å². The third-order valence-corrected chi connectivity index (χ3v) is 4.77. The molecule has 3 rings (SSSR count). The predicted molar refractivity (Wildman–Crippen MR) is 103 cm³/mol. The van der Waals surface area contributed by atoms with E-state index in [0.717, 1.165) is 30.9 Å². The van der Waals surface area contributed by atoms with Crippen molar-refractivity contribution in [1.29, 1.82) is 0 Å². The van der Waals surface area contributed by atoms with E-state index in [-0.39, 0.29) is 6.04 Å². The molecular weight excluding hydrogens is 310 g/mol. The van der Waals surface area contributed by atoms with E-state index < -0.39 is 0 Å². The molecule has 0 radical (unpaired) electrons. The molecule has 25 heavy (non-hydrogen) atoms. The number of benzene rings is 2. The Balaban J connectivity index is 1.55. The van der Waals surface area contributed by atoms with Crippen LogP contribution in [0.4, 0.5) is 5.69 Å². The normalized spacial score (nSPS) is 19.9. The maximum absolute atomic E-state index is 5.92. The standard InChI is InChI=1S/C21H29N3O/c1-2-3-4-5-13-25-19-8-6-7-17(14-19)21-15-20(23-24-21)16-9-11-18(22)12-10-16/h6-12,14,20-21,23-24H,2-5,13,15,22H2,1H3. The lowest BCUT2D eigenvalue weighted by Gasteiger charge is -2.12. The molecule has 1 heterocycles. The zero-order valence-corrected chi connectivity index (χ0v) is 15.0. The molecule has 0 aromatic heterocycles. The van der Waals surface area contributed by atoms with Gasteiger partial charge in [0, 0.05) is 17.8 Å². The van der Waals surface area contributed by atoms with Gasteiger partial charge in [0.2, 0.25) is 0 Å². The van der Waals surface area contributed by atoms with Crippen LogP contribution in [0.2, 0.25) is 0 Å². The molecule has 2 aromatic carbocycles. The highest BCUT2D eigenvalue weighted by Crippen LogP contribution is 2.32. The van der Waals surface area contributed by atoms with Crippen molar-refractivity contribution in [3.8, 4) is 5.75 Å². The number of rotatable bonds is 8. The van der Waals surface area contributed by atoms with Crippen molar-refractivity contribution < 1.29 is 4.74 Å². The van der Waals surface area contributed by atoms with Crippen LogP contribution in [0.3, 0.4) is 0 Å². The topological polar surface area (TPSA) is 59.3 Å². The molecule has 1 saturated heterocycles. The molecule has 4 N–H and O–H groups in total. The number of nitrogen functional groups attached to an aromatic ring is 1. The summed E-state index contributed by atoms with van der Waals surface area (Å²) >= 11 is 0. The third kappa shape index (κ3) is 4.97. The minimum Gasteiger partial charge on any atom is -0.494 e. The fourth-order valence-corrected chi connectivity index (χ4v) is 3.26. The Kier molecular flexibility index (Phi) is 6.31. The van der Waals surface area contributed by atoms with Gasteiger partial charge in [-0.3, -0.25) is 0 Å². The molecule has 4 nitrogen and oxygen atoms in total. The van der Waals surface area contributed by atoms with Crippen LogP contribution < -0.4 is 21.3 Å². The van der Waals surface area contributed by atoms with E-state index in [9.17, 15) is 0 Å². The van der Waals surface area contributed by atoms with Gasteiger partial charge < -0.3 is 10.5 Å². The molecule has 4 heteroatoms. The highest BCUT2D eigenvalue weighted by Gasteiger charge is 2.26. The summed E-state index contributed by atoms with van der Waals surface area (Å²) in [7, 11) is 0. The van der Waals surface area contributed by atoms with Gasteiger partial charge in [-0.25, -0.2) is 10.9 Å². The van der Waals surface area contributed by atoms with Gasteiger partial charge in [-0.1, -0.05) is 50.5 Å². The quantitative estimate of drug-likeness (QED) is 0.489. The Labute approximate surface area is 150 Å². The van der Waals surface area contributed by atoms with Crippen LogP contribution in [-0.2, 0) is 0 Å². The van der Waals surface area contributed by atoms with Crippen LogP contribution in [0.25, 0.3) is 0 Å². The first-order valence-electron chi connectivity index (χ1n) is 9.35. The van der Waals surface area contributed by atoms with Gasteiger partial charge in [-0.2, -0.15) is 0 Å². The second-order valence-electron chi connectivity index (χ2n) is 6.78. The van der Waals surface area contributed by atoms with Gasteiger partial charge in [0.15, 0.2) is 0 Å². The van der Waals surface area contributed by atoms with Gasteiger partial charge in [-0.05, 0) is 48.2 Å². The maximum Gasteiger partial charge on any atom is 0.119 e. The van der Waals surface area contributed by atoms with Gasteiger partial charge in [0.1, 0.15) is 5.75 Å². The van der Waals surface area contributed by atoms with E-state index in [1.807, 2.05) is 18.2 Å². The number of anilines is 1. The Morgan fingerprint density at radius 3 is 2.48 bits per heavy atom. The molecule has 0 bridgehead atoms. The zero-order valence-electron chi connectivity index (χ0n) is 15.0. The van der Waals surface area contributed by atoms with Crippen LogP contribution in [-0.4, -0.2) is 6.61 Å². The molecule has 0 aliphatic carbocycles. The molecule has 1 aliphatic heterocycles. The van der Waals surface area contributed by atoms with Gasteiger partial charge in [-0.15, -0.1) is 0 Å². The second kappa shape index (κ2) is 8.88. The predicted octanol–water partition coefficient (Wildman–Crippen LogP) is 4.51. The first-order valence-corrected chi connectivity index (χ1v) is 9.35. The number of nitrogens with one attached hydrogen (secondary N) is 2. The lowest BCUT2D eigenvalue weighted by molar-refractivity contribution is 0.304. The summed E-state index contributed by atoms with van der Waals surface area (Å²) in [6, 6.07) is 17.1. The van der Waals surface area contributed by atoms with E-state index in [0.29, 0.717) is 6.04 Å². The number of unbranched alkanes of at least 4 members (excludes halogenated alkanes) is 3. The number of nitrogens with two attached hydrogens (primary N) is 1. The fraction of sp³-hybridized carbons (Fsp3) is 0.429. The SMILES string of the molecule is CCCCCCOc1cccc(C2CC(c3ccc(N)cc3)NN2)c1. The summed E-state index contributed by atoms with van der Waals surface area (Å²) in [6.45, 7) is 3.03. The van der Waals surface area contributed by atoms with E-state index in [4.69, 9.17) is 10.5 Å². The van der Waals surface area contributed by atoms with Crippen molar-refractivity contribution >= 4 is 5.69 Å². The van der Waals surface area contributed by atoms with E-state index in [1.165, 1.54) is 30.4 Å². The largest absolute Gasteiger partial charge is 0.494 e. The number of ether oxygens (including phenoxy) is 1. The summed E-state index contributed by atoms with van der Waals surface area (Å²) in [4.78, 5) is 0. The first-order chi connectivity index (χ1) is 12.3. The molecular formula is C21H29N3O.